The molecule has 28 heavy (non-hydrogen) atoms. The lowest BCUT2D eigenvalue weighted by Gasteiger charge is -2.27. The van der Waals surface area contributed by atoms with Gasteiger partial charge in [0.25, 0.3) is 5.56 Å². The summed E-state index contributed by atoms with van der Waals surface area (Å²) in [6.07, 6.45) is 1.59. The zero-order chi connectivity index (χ0) is 20.6. The van der Waals surface area contributed by atoms with Gasteiger partial charge in [0.05, 0.1) is 16.5 Å². The molecule has 0 spiro atoms. The monoisotopic (exact) mass is 405 g/mol. The number of aryl methyl sites for hydroxylation is 1. The highest BCUT2D eigenvalue weighted by atomic mass is 35.5. The summed E-state index contributed by atoms with van der Waals surface area (Å²) in [4.78, 5) is 26.3. The predicted molar refractivity (Wildman–Crippen MR) is 106 cm³/mol. The van der Waals surface area contributed by atoms with Crippen LogP contribution >= 0.6 is 11.6 Å². The van der Waals surface area contributed by atoms with Crippen molar-refractivity contribution in [2.24, 2.45) is 7.05 Å². The van der Waals surface area contributed by atoms with Crippen molar-refractivity contribution in [3.63, 3.8) is 0 Å². The standard InChI is InChI=1S/C20H18ClF2N3O2/c1-11(26(3)20(28)24-12-7-8-16(22)15(21)9-12)14-10-25(2)19(27)18-13(14)5-4-6-17(18)23/h4-11H,1-3H3,(H,24,28)/t11-/m1/s1. The van der Waals surface area contributed by atoms with Gasteiger partial charge in [-0.15, -0.1) is 0 Å². The summed E-state index contributed by atoms with van der Waals surface area (Å²) >= 11 is 5.74. The SMILES string of the molecule is C[C@H](c1cn(C)c(=O)c2c(F)cccc12)N(C)C(=O)Nc1ccc(F)c(Cl)c1. The maximum Gasteiger partial charge on any atom is 0.322 e. The van der Waals surface area contributed by atoms with Crippen molar-refractivity contribution in [3.05, 3.63) is 75.2 Å². The number of aromatic nitrogens is 1. The normalized spacial score (nSPS) is 12.1. The number of hydrogen-bond acceptors (Lipinski definition) is 2. The van der Waals surface area contributed by atoms with Crippen molar-refractivity contribution in [3.8, 4) is 0 Å². The number of pyridine rings is 1. The molecule has 146 valence electrons. The van der Waals surface area contributed by atoms with E-state index in [-0.39, 0.29) is 10.4 Å². The highest BCUT2D eigenvalue weighted by molar-refractivity contribution is 6.31. The number of nitrogens with one attached hydrogen (secondary N) is 1. The Morgan fingerprint density at radius 1 is 1.21 bits per heavy atom. The summed E-state index contributed by atoms with van der Waals surface area (Å²) in [5.74, 6) is -1.19. The molecule has 0 aliphatic carbocycles. The van der Waals surface area contributed by atoms with Crippen LogP contribution in [-0.2, 0) is 7.05 Å². The molecule has 0 fully saturated rings. The maximum absolute atomic E-state index is 14.2. The molecule has 5 nitrogen and oxygen atoms in total. The van der Waals surface area contributed by atoms with E-state index in [4.69, 9.17) is 11.6 Å². The Kier molecular flexibility index (Phi) is 5.38. The average Bonchev–Trinajstić information content (AvgIpc) is 2.66. The molecule has 0 aliphatic heterocycles. The quantitative estimate of drug-likeness (QED) is 0.687. The smallest absolute Gasteiger partial charge is 0.321 e. The van der Waals surface area contributed by atoms with Crippen LogP contribution in [0.5, 0.6) is 0 Å². The molecular weight excluding hydrogens is 388 g/mol. The summed E-state index contributed by atoms with van der Waals surface area (Å²) in [5, 5.41) is 2.96. The van der Waals surface area contributed by atoms with Crippen LogP contribution in [0.1, 0.15) is 18.5 Å². The third kappa shape index (κ3) is 3.57. The molecule has 0 radical (unpaired) electrons. The van der Waals surface area contributed by atoms with E-state index < -0.39 is 29.3 Å². The van der Waals surface area contributed by atoms with Gasteiger partial charge in [0.15, 0.2) is 0 Å². The molecule has 3 aromatic rings. The minimum atomic E-state index is -0.611. The second kappa shape index (κ2) is 7.59. The minimum Gasteiger partial charge on any atom is -0.321 e. The molecule has 0 bridgehead atoms. The second-order valence-corrected chi connectivity index (χ2v) is 6.92. The first-order chi connectivity index (χ1) is 13.2. The van der Waals surface area contributed by atoms with Gasteiger partial charge in [0.2, 0.25) is 0 Å². The van der Waals surface area contributed by atoms with E-state index >= 15 is 0 Å². The Bertz CT molecular complexity index is 1130. The van der Waals surface area contributed by atoms with Gasteiger partial charge in [-0.1, -0.05) is 23.7 Å². The molecule has 2 aromatic carbocycles. The van der Waals surface area contributed by atoms with Gasteiger partial charge in [0.1, 0.15) is 11.6 Å². The minimum absolute atomic E-state index is 0.0199. The largest absolute Gasteiger partial charge is 0.322 e. The third-order valence-corrected chi connectivity index (χ3v) is 5.00. The molecule has 0 saturated carbocycles. The number of amides is 2. The summed E-state index contributed by atoms with van der Waals surface area (Å²) < 4.78 is 28.8. The Hall–Kier alpha value is -2.93. The fourth-order valence-electron chi connectivity index (χ4n) is 3.00. The zero-order valence-electron chi connectivity index (χ0n) is 15.5. The Labute approximate surface area is 165 Å². The highest BCUT2D eigenvalue weighted by Crippen LogP contribution is 2.27. The summed E-state index contributed by atoms with van der Waals surface area (Å²) in [6, 6.07) is 7.32. The fourth-order valence-corrected chi connectivity index (χ4v) is 3.18. The number of rotatable bonds is 3. The number of urea groups is 1. The molecule has 1 atom stereocenters. The van der Waals surface area contributed by atoms with Gasteiger partial charge in [-0.3, -0.25) is 4.79 Å². The van der Waals surface area contributed by atoms with Crippen molar-refractivity contribution >= 4 is 34.1 Å². The first kappa shape index (κ1) is 19.8. The fraction of sp³-hybridized carbons (Fsp3) is 0.200. The van der Waals surface area contributed by atoms with Crippen LogP contribution in [0.4, 0.5) is 19.3 Å². The number of carbonyl (C=O) groups excluding carboxylic acids is 1. The van der Waals surface area contributed by atoms with Crippen LogP contribution in [0, 0.1) is 11.6 Å². The van der Waals surface area contributed by atoms with Gasteiger partial charge in [-0.2, -0.15) is 0 Å². The van der Waals surface area contributed by atoms with E-state index in [1.807, 2.05) is 0 Å². The second-order valence-electron chi connectivity index (χ2n) is 6.51. The van der Waals surface area contributed by atoms with Crippen LogP contribution in [0.25, 0.3) is 10.8 Å². The molecule has 0 saturated heterocycles. The number of benzene rings is 2. The van der Waals surface area contributed by atoms with Crippen molar-refractivity contribution in [1.29, 1.82) is 0 Å². The molecule has 2 amide bonds. The van der Waals surface area contributed by atoms with Crippen molar-refractivity contribution < 1.29 is 13.6 Å². The van der Waals surface area contributed by atoms with E-state index in [2.05, 4.69) is 5.32 Å². The summed E-state index contributed by atoms with van der Waals surface area (Å²) in [6.45, 7) is 1.77. The molecular formula is C20H18ClF2N3O2. The van der Waals surface area contributed by atoms with Gasteiger partial charge in [-0.25, -0.2) is 13.6 Å². The van der Waals surface area contributed by atoms with Crippen LogP contribution in [-0.4, -0.2) is 22.5 Å². The maximum atomic E-state index is 14.2. The molecule has 3 rings (SSSR count). The van der Waals surface area contributed by atoms with E-state index in [1.165, 1.54) is 40.8 Å². The predicted octanol–water partition coefficient (Wildman–Crippen LogP) is 4.70. The first-order valence-corrected chi connectivity index (χ1v) is 8.85. The number of halogens is 3. The highest BCUT2D eigenvalue weighted by Gasteiger charge is 2.22. The van der Waals surface area contributed by atoms with E-state index in [0.717, 1.165) is 6.07 Å². The van der Waals surface area contributed by atoms with Gasteiger partial charge in [0, 0.05) is 26.0 Å². The number of fused-ring (bicyclic) bond motifs is 1. The summed E-state index contributed by atoms with van der Waals surface area (Å²) in [7, 11) is 3.10. The van der Waals surface area contributed by atoms with Crippen LogP contribution in [0.3, 0.4) is 0 Å². The van der Waals surface area contributed by atoms with Crippen molar-refractivity contribution in [2.75, 3.05) is 12.4 Å². The molecule has 1 aromatic heterocycles. The number of hydrogen-bond donors (Lipinski definition) is 1. The van der Waals surface area contributed by atoms with Crippen molar-refractivity contribution in [1.82, 2.24) is 9.47 Å². The Morgan fingerprint density at radius 2 is 1.93 bits per heavy atom. The van der Waals surface area contributed by atoms with E-state index in [0.29, 0.717) is 16.6 Å². The molecule has 1 N–H and O–H groups in total. The Morgan fingerprint density at radius 3 is 2.61 bits per heavy atom. The topological polar surface area (TPSA) is 54.3 Å². The van der Waals surface area contributed by atoms with E-state index in [1.54, 1.807) is 26.2 Å². The third-order valence-electron chi connectivity index (χ3n) is 4.71. The first-order valence-electron chi connectivity index (χ1n) is 8.47. The van der Waals surface area contributed by atoms with Crippen LogP contribution in [0.15, 0.2) is 47.4 Å². The van der Waals surface area contributed by atoms with Gasteiger partial charge in [-0.05, 0) is 42.1 Å². The number of nitrogens with zero attached hydrogens (tertiary/aromatic N) is 2. The van der Waals surface area contributed by atoms with Crippen LogP contribution in [0.2, 0.25) is 5.02 Å². The lowest BCUT2D eigenvalue weighted by molar-refractivity contribution is 0.208. The van der Waals surface area contributed by atoms with Gasteiger partial charge < -0.3 is 14.8 Å². The molecule has 8 heteroatoms. The molecule has 0 unspecified atom stereocenters. The average molecular weight is 406 g/mol. The zero-order valence-corrected chi connectivity index (χ0v) is 16.2. The lowest BCUT2D eigenvalue weighted by Crippen LogP contribution is -2.34. The Balaban J connectivity index is 1.95. The van der Waals surface area contributed by atoms with Crippen LogP contribution < -0.4 is 10.9 Å². The van der Waals surface area contributed by atoms with Crippen molar-refractivity contribution in [2.45, 2.75) is 13.0 Å². The van der Waals surface area contributed by atoms with E-state index in [9.17, 15) is 18.4 Å². The lowest BCUT2D eigenvalue weighted by atomic mass is 10.0. The summed E-state index contributed by atoms with van der Waals surface area (Å²) in [5.41, 5.74) is 0.510. The number of carbonyl (C=O) groups is 1. The number of anilines is 1. The van der Waals surface area contributed by atoms with Gasteiger partial charge >= 0.3 is 6.03 Å². The molecule has 0 aliphatic rings. The molecule has 1 heterocycles.